The van der Waals surface area contributed by atoms with E-state index < -0.39 is 6.03 Å². The van der Waals surface area contributed by atoms with E-state index in [4.69, 9.17) is 4.74 Å². The Balaban J connectivity index is 1.64. The van der Waals surface area contributed by atoms with Gasteiger partial charge in [-0.05, 0) is 19.8 Å². The van der Waals surface area contributed by atoms with E-state index in [1.54, 1.807) is 11.8 Å². The maximum atomic E-state index is 11.7. The molecule has 1 heterocycles. The SMILES string of the molecule is CCOC(=O)N1CCN(CC(=O)NC(=O)NC2CC2)CC1. The largest absolute Gasteiger partial charge is 0.450 e. The van der Waals surface area contributed by atoms with Gasteiger partial charge in [0.25, 0.3) is 0 Å². The molecular weight excluding hydrogens is 276 g/mol. The number of carbonyl (C=O) groups is 3. The van der Waals surface area contributed by atoms with Gasteiger partial charge in [-0.1, -0.05) is 0 Å². The Morgan fingerprint density at radius 2 is 1.81 bits per heavy atom. The van der Waals surface area contributed by atoms with E-state index >= 15 is 0 Å². The summed E-state index contributed by atoms with van der Waals surface area (Å²) in [5.41, 5.74) is 0. The van der Waals surface area contributed by atoms with E-state index in [1.807, 2.05) is 4.90 Å². The van der Waals surface area contributed by atoms with Crippen molar-refractivity contribution in [2.75, 3.05) is 39.3 Å². The number of ether oxygens (including phenoxy) is 1. The molecule has 1 aliphatic heterocycles. The van der Waals surface area contributed by atoms with Crippen molar-refractivity contribution in [1.82, 2.24) is 20.4 Å². The predicted octanol–water partition coefficient (Wildman–Crippen LogP) is -0.251. The van der Waals surface area contributed by atoms with Crippen LogP contribution >= 0.6 is 0 Å². The molecule has 2 rings (SSSR count). The molecule has 0 bridgehead atoms. The van der Waals surface area contributed by atoms with Gasteiger partial charge in [-0.2, -0.15) is 0 Å². The fraction of sp³-hybridized carbons (Fsp3) is 0.769. The molecule has 0 spiro atoms. The third-order valence-electron chi connectivity index (χ3n) is 3.43. The fourth-order valence-corrected chi connectivity index (χ4v) is 2.12. The second kappa shape index (κ2) is 7.26. The van der Waals surface area contributed by atoms with Gasteiger partial charge in [0.15, 0.2) is 0 Å². The number of urea groups is 1. The van der Waals surface area contributed by atoms with Crippen molar-refractivity contribution in [3.63, 3.8) is 0 Å². The molecule has 2 fully saturated rings. The normalized spacial score (nSPS) is 19.0. The Kier molecular flexibility index (Phi) is 5.38. The van der Waals surface area contributed by atoms with Gasteiger partial charge in [0, 0.05) is 32.2 Å². The van der Waals surface area contributed by atoms with Gasteiger partial charge in [0.1, 0.15) is 0 Å². The number of hydrogen-bond donors (Lipinski definition) is 2. The van der Waals surface area contributed by atoms with E-state index in [1.165, 1.54) is 0 Å². The van der Waals surface area contributed by atoms with Crippen molar-refractivity contribution >= 4 is 18.0 Å². The van der Waals surface area contributed by atoms with Gasteiger partial charge in [-0.25, -0.2) is 9.59 Å². The number of nitrogens with one attached hydrogen (secondary N) is 2. The first-order chi connectivity index (χ1) is 10.1. The maximum Gasteiger partial charge on any atom is 0.409 e. The van der Waals surface area contributed by atoms with Crippen molar-refractivity contribution in [1.29, 1.82) is 0 Å². The molecule has 0 radical (unpaired) electrons. The van der Waals surface area contributed by atoms with Crippen LogP contribution < -0.4 is 10.6 Å². The maximum absolute atomic E-state index is 11.7. The highest BCUT2D eigenvalue weighted by Gasteiger charge is 2.25. The van der Waals surface area contributed by atoms with E-state index in [2.05, 4.69) is 10.6 Å². The highest BCUT2D eigenvalue weighted by molar-refractivity contribution is 5.95. The zero-order valence-electron chi connectivity index (χ0n) is 12.3. The summed E-state index contributed by atoms with van der Waals surface area (Å²) >= 11 is 0. The Morgan fingerprint density at radius 1 is 1.14 bits per heavy atom. The van der Waals surface area contributed by atoms with Crippen LogP contribution in [0.1, 0.15) is 19.8 Å². The fourth-order valence-electron chi connectivity index (χ4n) is 2.12. The van der Waals surface area contributed by atoms with Gasteiger partial charge in [-0.3, -0.25) is 15.0 Å². The zero-order valence-corrected chi connectivity index (χ0v) is 12.3. The molecule has 4 amide bonds. The van der Waals surface area contributed by atoms with Crippen molar-refractivity contribution in [2.45, 2.75) is 25.8 Å². The molecule has 0 aromatic heterocycles. The van der Waals surface area contributed by atoms with E-state index in [0.717, 1.165) is 12.8 Å². The lowest BCUT2D eigenvalue weighted by Gasteiger charge is -2.33. The predicted molar refractivity (Wildman–Crippen MR) is 74.7 cm³/mol. The Hall–Kier alpha value is -1.83. The molecule has 118 valence electrons. The van der Waals surface area contributed by atoms with Crippen LogP contribution in [0.15, 0.2) is 0 Å². The summed E-state index contributed by atoms with van der Waals surface area (Å²) in [7, 11) is 0. The van der Waals surface area contributed by atoms with Crippen LogP contribution in [0.5, 0.6) is 0 Å². The second-order valence-corrected chi connectivity index (χ2v) is 5.26. The number of hydrogen-bond acceptors (Lipinski definition) is 5. The summed E-state index contributed by atoms with van der Waals surface area (Å²) in [5, 5.41) is 5.02. The van der Waals surface area contributed by atoms with E-state index in [0.29, 0.717) is 32.8 Å². The molecule has 1 saturated carbocycles. The minimum absolute atomic E-state index is 0.161. The van der Waals surface area contributed by atoms with E-state index in [-0.39, 0.29) is 24.6 Å². The van der Waals surface area contributed by atoms with Crippen molar-refractivity contribution in [2.24, 2.45) is 0 Å². The van der Waals surface area contributed by atoms with Crippen LogP contribution in [0.2, 0.25) is 0 Å². The first-order valence-corrected chi connectivity index (χ1v) is 7.33. The topological polar surface area (TPSA) is 91.0 Å². The first-order valence-electron chi connectivity index (χ1n) is 7.33. The summed E-state index contributed by atoms with van der Waals surface area (Å²) in [6, 6.07) is -0.196. The number of nitrogens with zero attached hydrogens (tertiary/aromatic N) is 2. The average Bonchev–Trinajstić information content (AvgIpc) is 3.23. The molecule has 8 heteroatoms. The Labute approximate surface area is 123 Å². The van der Waals surface area contributed by atoms with Gasteiger partial charge in [0.05, 0.1) is 13.2 Å². The highest BCUT2D eigenvalue weighted by atomic mass is 16.6. The molecular formula is C13H22N4O4. The standard InChI is InChI=1S/C13H22N4O4/c1-2-21-13(20)17-7-5-16(6-8-17)9-11(18)15-12(19)14-10-3-4-10/h10H,2-9H2,1H3,(H2,14,15,18,19). The molecule has 1 aliphatic carbocycles. The van der Waals surface area contributed by atoms with Crippen LogP contribution in [-0.4, -0.2) is 73.2 Å². The van der Waals surface area contributed by atoms with Crippen LogP contribution in [0.25, 0.3) is 0 Å². The molecule has 0 unspecified atom stereocenters. The average molecular weight is 298 g/mol. The molecule has 1 saturated heterocycles. The van der Waals surface area contributed by atoms with Crippen molar-refractivity contribution in [3.8, 4) is 0 Å². The third kappa shape index (κ3) is 5.22. The number of carbonyl (C=O) groups excluding carboxylic acids is 3. The van der Waals surface area contributed by atoms with Crippen LogP contribution in [0.3, 0.4) is 0 Å². The van der Waals surface area contributed by atoms with Gasteiger partial charge < -0.3 is 15.0 Å². The quantitative estimate of drug-likeness (QED) is 0.747. The lowest BCUT2D eigenvalue weighted by atomic mass is 10.3. The van der Waals surface area contributed by atoms with E-state index in [9.17, 15) is 14.4 Å². The smallest absolute Gasteiger partial charge is 0.409 e. The summed E-state index contributed by atoms with van der Waals surface area (Å²) in [4.78, 5) is 38.2. The van der Waals surface area contributed by atoms with Crippen LogP contribution in [-0.2, 0) is 9.53 Å². The number of amides is 4. The minimum Gasteiger partial charge on any atom is -0.450 e. The summed E-state index contributed by atoms with van der Waals surface area (Å²) < 4.78 is 4.93. The summed E-state index contributed by atoms with van der Waals surface area (Å²) in [6.45, 7) is 4.53. The molecule has 0 atom stereocenters. The van der Waals surface area contributed by atoms with Gasteiger partial charge in [0.2, 0.25) is 5.91 Å². The molecule has 8 nitrogen and oxygen atoms in total. The summed E-state index contributed by atoms with van der Waals surface area (Å²) in [5.74, 6) is -0.322. The number of piperazine rings is 1. The lowest BCUT2D eigenvalue weighted by molar-refractivity contribution is -0.121. The second-order valence-electron chi connectivity index (χ2n) is 5.26. The van der Waals surface area contributed by atoms with Crippen LogP contribution in [0, 0.1) is 0 Å². The molecule has 21 heavy (non-hydrogen) atoms. The Bertz CT molecular complexity index is 403. The highest BCUT2D eigenvalue weighted by Crippen LogP contribution is 2.18. The van der Waals surface area contributed by atoms with Gasteiger partial charge in [-0.15, -0.1) is 0 Å². The number of imide groups is 1. The minimum atomic E-state index is -0.423. The molecule has 2 N–H and O–H groups in total. The Morgan fingerprint density at radius 3 is 2.38 bits per heavy atom. The zero-order chi connectivity index (χ0) is 15.2. The third-order valence-corrected chi connectivity index (χ3v) is 3.43. The molecule has 0 aromatic rings. The van der Waals surface area contributed by atoms with Crippen LogP contribution in [0.4, 0.5) is 9.59 Å². The number of rotatable bonds is 4. The molecule has 0 aromatic carbocycles. The first kappa shape index (κ1) is 15.6. The van der Waals surface area contributed by atoms with Gasteiger partial charge >= 0.3 is 12.1 Å². The molecule has 2 aliphatic rings. The monoisotopic (exact) mass is 298 g/mol. The lowest BCUT2D eigenvalue weighted by Crippen LogP contribution is -2.52. The summed E-state index contributed by atoms with van der Waals surface area (Å²) in [6.07, 6.45) is 1.65. The van der Waals surface area contributed by atoms with Crippen molar-refractivity contribution < 1.29 is 19.1 Å². The van der Waals surface area contributed by atoms with Crippen molar-refractivity contribution in [3.05, 3.63) is 0 Å².